The summed E-state index contributed by atoms with van der Waals surface area (Å²) in [5.74, 6) is 1.23. The summed E-state index contributed by atoms with van der Waals surface area (Å²) in [4.78, 5) is 17.0. The van der Waals surface area contributed by atoms with Gasteiger partial charge in [0.05, 0.1) is 24.8 Å². The Balaban J connectivity index is 1.40. The highest BCUT2D eigenvalue weighted by atomic mass is 32.2. The summed E-state index contributed by atoms with van der Waals surface area (Å²) in [6, 6.07) is 7.49. The zero-order chi connectivity index (χ0) is 16.6. The third-order valence-corrected chi connectivity index (χ3v) is 4.40. The number of hydrogen-bond donors (Lipinski definition) is 3. The first-order valence-corrected chi connectivity index (χ1v) is 8.83. The molecule has 0 radical (unpaired) electrons. The van der Waals surface area contributed by atoms with Gasteiger partial charge in [0, 0.05) is 4.88 Å². The van der Waals surface area contributed by atoms with E-state index in [0.717, 1.165) is 4.88 Å². The zero-order valence-electron chi connectivity index (χ0n) is 12.4. The number of amides is 1. The fourth-order valence-electron chi connectivity index (χ4n) is 1.66. The molecule has 0 unspecified atom stereocenters. The Labute approximate surface area is 145 Å². The van der Waals surface area contributed by atoms with E-state index in [2.05, 4.69) is 31.0 Å². The van der Waals surface area contributed by atoms with Gasteiger partial charge in [0.2, 0.25) is 17.0 Å². The van der Waals surface area contributed by atoms with Crippen LogP contribution < -0.4 is 10.7 Å². The first kappa shape index (κ1) is 16.3. The van der Waals surface area contributed by atoms with Gasteiger partial charge in [-0.15, -0.1) is 16.4 Å². The van der Waals surface area contributed by atoms with Crippen molar-refractivity contribution in [3.05, 3.63) is 46.5 Å². The molecule has 0 aliphatic heterocycles. The maximum absolute atomic E-state index is 11.7. The third kappa shape index (κ3) is 4.96. The Bertz CT molecular complexity index is 782. The van der Waals surface area contributed by atoms with Crippen molar-refractivity contribution in [3.63, 3.8) is 0 Å². The van der Waals surface area contributed by atoms with E-state index in [4.69, 9.17) is 4.42 Å². The molecule has 3 rings (SSSR count). The van der Waals surface area contributed by atoms with Gasteiger partial charge in [0.25, 0.3) is 0 Å². The number of thiophene rings is 1. The molecule has 3 aromatic heterocycles. The molecule has 0 aliphatic rings. The van der Waals surface area contributed by atoms with Crippen LogP contribution in [0.3, 0.4) is 0 Å². The molecule has 3 aromatic rings. The number of nitrogens with zero attached hydrogens (tertiary/aromatic N) is 3. The van der Waals surface area contributed by atoms with Crippen molar-refractivity contribution < 1.29 is 9.21 Å². The minimum Gasteiger partial charge on any atom is -0.467 e. The Hall–Kier alpha value is -2.59. The molecule has 0 saturated heterocycles. The number of furan rings is 1. The quantitative estimate of drug-likeness (QED) is 0.322. The van der Waals surface area contributed by atoms with Crippen LogP contribution in [0.25, 0.3) is 0 Å². The summed E-state index contributed by atoms with van der Waals surface area (Å²) < 4.78 is 5.14. The second kappa shape index (κ2) is 8.31. The Morgan fingerprint density at radius 1 is 1.46 bits per heavy atom. The summed E-state index contributed by atoms with van der Waals surface area (Å²) in [7, 11) is 0. The van der Waals surface area contributed by atoms with E-state index in [9.17, 15) is 4.79 Å². The molecular formula is C14H14N6O2S2. The maximum Gasteiger partial charge on any atom is 0.240 e. The summed E-state index contributed by atoms with van der Waals surface area (Å²) in [6.07, 6.45) is 3.27. The van der Waals surface area contributed by atoms with Crippen molar-refractivity contribution in [2.45, 2.75) is 11.7 Å². The first-order valence-electron chi connectivity index (χ1n) is 6.96. The van der Waals surface area contributed by atoms with E-state index in [1.165, 1.54) is 11.8 Å². The number of aromatic amines is 1. The van der Waals surface area contributed by atoms with Crippen LogP contribution in [0.15, 0.2) is 50.6 Å². The Morgan fingerprint density at radius 3 is 3.21 bits per heavy atom. The van der Waals surface area contributed by atoms with Crippen LogP contribution in [-0.2, 0) is 11.3 Å². The molecule has 3 N–H and O–H groups in total. The lowest BCUT2D eigenvalue weighted by Crippen LogP contribution is -2.24. The summed E-state index contributed by atoms with van der Waals surface area (Å²) >= 11 is 2.82. The van der Waals surface area contributed by atoms with Crippen LogP contribution in [0.4, 0.5) is 5.95 Å². The average Bonchev–Trinajstić information content (AvgIpc) is 3.33. The highest BCUT2D eigenvalue weighted by Crippen LogP contribution is 2.13. The fraction of sp³-hybridized carbons (Fsp3) is 0.143. The van der Waals surface area contributed by atoms with E-state index < -0.39 is 0 Å². The van der Waals surface area contributed by atoms with Gasteiger partial charge in [-0.1, -0.05) is 17.8 Å². The van der Waals surface area contributed by atoms with Crippen molar-refractivity contribution >= 4 is 41.2 Å². The molecule has 24 heavy (non-hydrogen) atoms. The predicted molar refractivity (Wildman–Crippen MR) is 93.2 cm³/mol. The van der Waals surface area contributed by atoms with E-state index in [1.807, 2.05) is 17.5 Å². The zero-order valence-corrected chi connectivity index (χ0v) is 14.1. The van der Waals surface area contributed by atoms with Crippen LogP contribution in [0.5, 0.6) is 0 Å². The molecule has 0 aromatic carbocycles. The van der Waals surface area contributed by atoms with Gasteiger partial charge in [0.15, 0.2) is 0 Å². The molecular weight excluding hydrogens is 348 g/mol. The number of hydrogen-bond acceptors (Lipinski definition) is 8. The molecule has 0 aliphatic carbocycles. The maximum atomic E-state index is 11.7. The topological polar surface area (TPSA) is 108 Å². The van der Waals surface area contributed by atoms with Crippen molar-refractivity contribution in [1.82, 2.24) is 20.5 Å². The first-order chi connectivity index (χ1) is 11.8. The molecule has 10 heteroatoms. The van der Waals surface area contributed by atoms with E-state index in [-0.39, 0.29) is 11.7 Å². The number of aromatic nitrogens is 3. The number of rotatable bonds is 8. The van der Waals surface area contributed by atoms with Gasteiger partial charge in [-0.05, 0) is 23.6 Å². The van der Waals surface area contributed by atoms with Gasteiger partial charge in [0.1, 0.15) is 5.76 Å². The molecule has 124 valence electrons. The predicted octanol–water partition coefficient (Wildman–Crippen LogP) is 2.31. The van der Waals surface area contributed by atoms with Gasteiger partial charge in [-0.25, -0.2) is 10.5 Å². The van der Waals surface area contributed by atoms with Crippen molar-refractivity contribution in [1.29, 1.82) is 0 Å². The summed E-state index contributed by atoms with van der Waals surface area (Å²) in [5.41, 5.74) is 2.76. The number of carbonyl (C=O) groups is 1. The lowest BCUT2D eigenvalue weighted by Gasteiger charge is -2.01. The van der Waals surface area contributed by atoms with E-state index >= 15 is 0 Å². The highest BCUT2D eigenvalue weighted by Gasteiger charge is 2.08. The lowest BCUT2D eigenvalue weighted by atomic mass is 10.4. The number of hydrazone groups is 1. The second-order valence-electron chi connectivity index (χ2n) is 4.50. The van der Waals surface area contributed by atoms with Crippen LogP contribution in [-0.4, -0.2) is 33.1 Å². The molecule has 3 heterocycles. The van der Waals surface area contributed by atoms with Crippen molar-refractivity contribution in [2.75, 3.05) is 11.2 Å². The number of anilines is 1. The van der Waals surface area contributed by atoms with Crippen molar-refractivity contribution in [2.24, 2.45) is 5.10 Å². The minimum atomic E-state index is -0.119. The molecule has 8 nitrogen and oxygen atoms in total. The second-order valence-corrected chi connectivity index (χ2v) is 6.42. The number of nitrogens with one attached hydrogen (secondary N) is 3. The van der Waals surface area contributed by atoms with E-state index in [1.54, 1.807) is 35.9 Å². The minimum absolute atomic E-state index is 0.119. The van der Waals surface area contributed by atoms with Gasteiger partial charge in [-0.2, -0.15) is 10.1 Å². The van der Waals surface area contributed by atoms with E-state index in [0.29, 0.717) is 23.4 Å². The van der Waals surface area contributed by atoms with Gasteiger partial charge < -0.3 is 9.73 Å². The average molecular weight is 362 g/mol. The summed E-state index contributed by atoms with van der Waals surface area (Å²) in [6.45, 7) is 0.366. The van der Waals surface area contributed by atoms with Crippen molar-refractivity contribution in [3.8, 4) is 0 Å². The molecule has 1 amide bonds. The third-order valence-electron chi connectivity index (χ3n) is 2.74. The molecule has 0 atom stereocenters. The molecule has 0 bridgehead atoms. The van der Waals surface area contributed by atoms with Crippen LogP contribution in [0.1, 0.15) is 10.6 Å². The van der Waals surface area contributed by atoms with Gasteiger partial charge >= 0.3 is 0 Å². The van der Waals surface area contributed by atoms with Crippen LogP contribution in [0, 0.1) is 0 Å². The highest BCUT2D eigenvalue weighted by molar-refractivity contribution is 7.99. The summed E-state index contributed by atoms with van der Waals surface area (Å²) in [5, 5.41) is 16.0. The molecule has 0 fully saturated rings. The standard InChI is InChI=1S/C14H14N6O2S2/c21-12(15-7-10-3-1-5-22-10)9-24-14-17-13(19-20-14)18-16-8-11-4-2-6-23-11/h1-6,8H,7,9H2,(H,15,21)(H2,17,18,19,20)/b16-8-. The number of carbonyl (C=O) groups excluding carboxylic acids is 1. The largest absolute Gasteiger partial charge is 0.467 e. The Kier molecular flexibility index (Phi) is 5.64. The fourth-order valence-corrected chi connectivity index (χ4v) is 2.88. The lowest BCUT2D eigenvalue weighted by molar-refractivity contribution is -0.118. The van der Waals surface area contributed by atoms with Crippen LogP contribution in [0.2, 0.25) is 0 Å². The number of H-pyrrole nitrogens is 1. The smallest absolute Gasteiger partial charge is 0.240 e. The Morgan fingerprint density at radius 2 is 2.42 bits per heavy atom. The monoisotopic (exact) mass is 362 g/mol. The number of thioether (sulfide) groups is 1. The normalized spacial score (nSPS) is 11.0. The van der Waals surface area contributed by atoms with Gasteiger partial charge in [-0.3, -0.25) is 4.79 Å². The SMILES string of the molecule is O=C(CSc1n[nH]c(N/N=C\c2cccs2)n1)NCc1ccco1. The molecule has 0 spiro atoms. The van der Waals surface area contributed by atoms with Crippen LogP contribution >= 0.6 is 23.1 Å². The molecule has 0 saturated carbocycles.